The number of ether oxygens (including phenoxy) is 1. The van der Waals surface area contributed by atoms with E-state index in [-0.39, 0.29) is 36.6 Å². The molecule has 4 rings (SSSR count). The Kier molecular flexibility index (Phi) is 6.46. The lowest BCUT2D eigenvalue weighted by molar-refractivity contribution is -0.310. The Hall–Kier alpha value is -2.19. The smallest absolute Gasteiger partial charge is 0.410 e. The van der Waals surface area contributed by atoms with Gasteiger partial charge in [-0.2, -0.15) is 5.06 Å². The number of carbonyl (C=O) groups excluding carboxylic acids is 2. The molecule has 3 heterocycles. The maximum Gasteiger partial charge on any atom is 0.410 e. The van der Waals surface area contributed by atoms with E-state index in [1.165, 1.54) is 4.90 Å². The van der Waals surface area contributed by atoms with Crippen LogP contribution in [0.4, 0.5) is 9.18 Å². The van der Waals surface area contributed by atoms with Gasteiger partial charge in [0, 0.05) is 24.2 Å². The van der Waals surface area contributed by atoms with Gasteiger partial charge in [-0.05, 0) is 73.3 Å². The monoisotopic (exact) mass is 489 g/mol. The fraction of sp³-hybridized carbons (Fsp3) is 0.704. The van der Waals surface area contributed by atoms with Gasteiger partial charge in [-0.3, -0.25) is 9.63 Å². The van der Waals surface area contributed by atoms with Crippen molar-refractivity contribution in [1.82, 2.24) is 14.9 Å². The van der Waals surface area contributed by atoms with Crippen molar-refractivity contribution in [2.75, 3.05) is 13.1 Å². The van der Waals surface area contributed by atoms with Gasteiger partial charge in [-0.15, -0.1) is 0 Å². The molecule has 7 nitrogen and oxygen atoms in total. The number of piperidine rings is 1. The normalized spacial score (nSPS) is 30.5. The highest BCUT2D eigenvalue weighted by atomic mass is 19.1. The highest BCUT2D eigenvalue weighted by Gasteiger charge is 2.67. The molecule has 8 heteroatoms. The highest BCUT2D eigenvalue weighted by Crippen LogP contribution is 2.46. The van der Waals surface area contributed by atoms with Crippen LogP contribution in [-0.4, -0.2) is 74.4 Å². The van der Waals surface area contributed by atoms with Crippen molar-refractivity contribution < 1.29 is 23.6 Å². The molecule has 3 aliphatic rings. The second kappa shape index (κ2) is 8.73. The van der Waals surface area contributed by atoms with Crippen LogP contribution in [0.5, 0.6) is 0 Å². The van der Waals surface area contributed by atoms with Gasteiger partial charge in [0.15, 0.2) is 11.8 Å². The van der Waals surface area contributed by atoms with E-state index in [1.54, 1.807) is 25.7 Å². The van der Waals surface area contributed by atoms with E-state index in [4.69, 9.17) is 9.57 Å². The summed E-state index contributed by atoms with van der Waals surface area (Å²) in [5.41, 5.74) is -2.56. The maximum absolute atomic E-state index is 17.0. The van der Waals surface area contributed by atoms with Crippen molar-refractivity contribution in [3.8, 4) is 0 Å². The fourth-order valence-electron chi connectivity index (χ4n) is 5.88. The first-order valence-electron chi connectivity index (χ1n) is 12.6. The number of fused-ring (bicyclic) bond motifs is 1. The number of halogens is 1. The molecule has 0 saturated carbocycles. The summed E-state index contributed by atoms with van der Waals surface area (Å²) in [6.07, 6.45) is 0.901. The first kappa shape index (κ1) is 25.9. The van der Waals surface area contributed by atoms with E-state index in [0.29, 0.717) is 0 Å². The lowest BCUT2D eigenvalue weighted by Gasteiger charge is -2.52. The average molecular weight is 490 g/mol. The third-order valence-corrected chi connectivity index (χ3v) is 7.43. The molecule has 194 valence electrons. The minimum Gasteiger partial charge on any atom is -0.444 e. The standard InChI is InChI=1S/C27H40FN3O4/c1-24(2,3)34-23(33)29-17-20-27(28,18-29)21(22(32)30(20)16-19-12-9-8-10-13-19)35-31-25(4,5)14-11-15-26(31,6)7/h8-10,12-13,20-21H,11,14-18H2,1-7H3. The average Bonchev–Trinajstić information content (AvgIpc) is 3.16. The second-order valence-electron chi connectivity index (χ2n) is 12.5. The van der Waals surface area contributed by atoms with Crippen LogP contribution in [0.25, 0.3) is 0 Å². The van der Waals surface area contributed by atoms with Crippen LogP contribution in [0.2, 0.25) is 0 Å². The van der Waals surface area contributed by atoms with Gasteiger partial charge < -0.3 is 14.5 Å². The Morgan fingerprint density at radius 1 is 1.09 bits per heavy atom. The predicted octanol–water partition coefficient (Wildman–Crippen LogP) is 4.70. The SMILES string of the molecule is CC(C)(C)OC(=O)N1CC2N(Cc3ccccc3)C(=O)C(ON3C(C)(C)CCCC3(C)C)C2(F)C1. The van der Waals surface area contributed by atoms with Gasteiger partial charge in [0.25, 0.3) is 5.91 Å². The molecule has 3 saturated heterocycles. The molecule has 3 unspecified atom stereocenters. The van der Waals surface area contributed by atoms with E-state index in [1.807, 2.05) is 35.4 Å². The van der Waals surface area contributed by atoms with Crippen LogP contribution in [0.1, 0.15) is 73.3 Å². The first-order chi connectivity index (χ1) is 16.1. The fourth-order valence-corrected chi connectivity index (χ4v) is 5.88. The number of nitrogens with zero attached hydrogens (tertiary/aromatic N) is 3. The van der Waals surface area contributed by atoms with Crippen LogP contribution < -0.4 is 0 Å². The summed E-state index contributed by atoms with van der Waals surface area (Å²) in [5, 5.41) is 1.84. The van der Waals surface area contributed by atoms with Crippen molar-refractivity contribution in [2.45, 2.75) is 109 Å². The van der Waals surface area contributed by atoms with E-state index in [2.05, 4.69) is 27.7 Å². The Morgan fingerprint density at radius 2 is 1.69 bits per heavy atom. The Balaban J connectivity index is 1.66. The Morgan fingerprint density at radius 3 is 2.26 bits per heavy atom. The summed E-state index contributed by atoms with van der Waals surface area (Å²) < 4.78 is 22.5. The largest absolute Gasteiger partial charge is 0.444 e. The van der Waals surface area contributed by atoms with E-state index < -0.39 is 29.5 Å². The first-order valence-corrected chi connectivity index (χ1v) is 12.6. The Bertz CT molecular complexity index is 945. The van der Waals surface area contributed by atoms with Gasteiger partial charge in [-0.25, -0.2) is 9.18 Å². The van der Waals surface area contributed by atoms with Gasteiger partial charge in [0.1, 0.15) is 5.60 Å². The summed E-state index contributed by atoms with van der Waals surface area (Å²) >= 11 is 0. The number of alkyl halides is 1. The summed E-state index contributed by atoms with van der Waals surface area (Å²) in [4.78, 5) is 35.9. The number of hydrogen-bond donors (Lipinski definition) is 0. The highest BCUT2D eigenvalue weighted by molar-refractivity contribution is 5.87. The number of amides is 2. The zero-order valence-electron chi connectivity index (χ0n) is 22.1. The lowest BCUT2D eigenvalue weighted by Crippen LogP contribution is -2.62. The molecule has 0 aliphatic carbocycles. The molecule has 0 aromatic heterocycles. The number of hydroxylamine groups is 2. The maximum atomic E-state index is 17.0. The minimum absolute atomic E-state index is 0.0661. The van der Waals surface area contributed by atoms with Crippen molar-refractivity contribution >= 4 is 12.0 Å². The zero-order chi connectivity index (χ0) is 25.8. The third-order valence-electron chi connectivity index (χ3n) is 7.43. The lowest BCUT2D eigenvalue weighted by atomic mass is 9.82. The molecular weight excluding hydrogens is 449 g/mol. The van der Waals surface area contributed by atoms with Crippen molar-refractivity contribution in [3.63, 3.8) is 0 Å². The predicted molar refractivity (Wildman–Crippen MR) is 131 cm³/mol. The van der Waals surface area contributed by atoms with Gasteiger partial charge in [0.2, 0.25) is 0 Å². The van der Waals surface area contributed by atoms with Crippen LogP contribution in [0.3, 0.4) is 0 Å². The molecule has 35 heavy (non-hydrogen) atoms. The molecule has 3 aliphatic heterocycles. The molecule has 0 N–H and O–H groups in total. The number of carbonyl (C=O) groups is 2. The quantitative estimate of drug-likeness (QED) is 0.614. The zero-order valence-corrected chi connectivity index (χ0v) is 22.1. The van der Waals surface area contributed by atoms with Crippen molar-refractivity contribution in [1.29, 1.82) is 0 Å². The van der Waals surface area contributed by atoms with E-state index >= 15 is 4.39 Å². The van der Waals surface area contributed by atoms with Gasteiger partial charge in [-0.1, -0.05) is 30.3 Å². The van der Waals surface area contributed by atoms with Crippen molar-refractivity contribution in [2.24, 2.45) is 0 Å². The van der Waals surface area contributed by atoms with Gasteiger partial charge in [0.05, 0.1) is 12.6 Å². The molecule has 3 fully saturated rings. The summed E-state index contributed by atoms with van der Waals surface area (Å²) in [6.45, 7) is 13.7. The van der Waals surface area contributed by atoms with E-state index in [0.717, 1.165) is 24.8 Å². The van der Waals surface area contributed by atoms with Crippen LogP contribution in [-0.2, 0) is 20.9 Å². The Labute approximate surface area is 208 Å². The molecule has 0 radical (unpaired) electrons. The summed E-state index contributed by atoms with van der Waals surface area (Å²) in [6, 6.07) is 8.71. The van der Waals surface area contributed by atoms with Gasteiger partial charge >= 0.3 is 6.09 Å². The van der Waals surface area contributed by atoms with Crippen LogP contribution >= 0.6 is 0 Å². The molecule has 0 spiro atoms. The molecule has 0 bridgehead atoms. The summed E-state index contributed by atoms with van der Waals surface area (Å²) in [7, 11) is 0. The number of benzene rings is 1. The molecule has 3 atom stereocenters. The minimum atomic E-state index is -2.05. The molecule has 1 aromatic rings. The molecule has 1 aromatic carbocycles. The van der Waals surface area contributed by atoms with E-state index in [9.17, 15) is 9.59 Å². The van der Waals surface area contributed by atoms with Crippen molar-refractivity contribution in [3.05, 3.63) is 35.9 Å². The molecule has 2 amide bonds. The third kappa shape index (κ3) is 4.92. The second-order valence-corrected chi connectivity index (χ2v) is 12.5. The number of hydrogen-bond acceptors (Lipinski definition) is 5. The van der Waals surface area contributed by atoms with Crippen LogP contribution in [0, 0.1) is 0 Å². The molecular formula is C27H40FN3O4. The topological polar surface area (TPSA) is 62.3 Å². The number of rotatable bonds is 4. The summed E-state index contributed by atoms with van der Waals surface area (Å²) in [5.74, 6) is -0.373. The number of likely N-dealkylation sites (tertiary alicyclic amines) is 2. The van der Waals surface area contributed by atoms with Crippen LogP contribution in [0.15, 0.2) is 30.3 Å².